The van der Waals surface area contributed by atoms with Crippen LogP contribution in [0.2, 0.25) is 0 Å². The normalized spacial score (nSPS) is 21.3. The summed E-state index contributed by atoms with van der Waals surface area (Å²) in [6.07, 6.45) is 0.689. The number of anilines is 1. The molecule has 31 heavy (non-hydrogen) atoms. The lowest BCUT2D eigenvalue weighted by Gasteiger charge is -2.47. The lowest BCUT2D eigenvalue weighted by molar-refractivity contribution is -0.134. The Morgan fingerprint density at radius 2 is 1.94 bits per heavy atom. The van der Waals surface area contributed by atoms with Crippen molar-refractivity contribution in [1.82, 2.24) is 4.90 Å². The van der Waals surface area contributed by atoms with Gasteiger partial charge < -0.3 is 11.1 Å². The molecule has 0 spiro atoms. The number of nitrogens with zero attached hydrogens (tertiary/aromatic N) is 1. The molecule has 5 nitrogen and oxygen atoms in total. The van der Waals surface area contributed by atoms with E-state index < -0.39 is 17.3 Å². The van der Waals surface area contributed by atoms with Crippen LogP contribution in [0.1, 0.15) is 49.8 Å². The number of hydrogen-bond acceptors (Lipinski definition) is 4. The summed E-state index contributed by atoms with van der Waals surface area (Å²) in [4.78, 5) is 27.4. The van der Waals surface area contributed by atoms with Crippen LogP contribution in [-0.4, -0.2) is 36.2 Å². The summed E-state index contributed by atoms with van der Waals surface area (Å²) >= 11 is 0. The predicted molar refractivity (Wildman–Crippen MR) is 121 cm³/mol. The van der Waals surface area contributed by atoms with Crippen LogP contribution in [0.3, 0.4) is 0 Å². The third kappa shape index (κ3) is 4.35. The van der Waals surface area contributed by atoms with E-state index in [4.69, 9.17) is 5.73 Å². The molecular weight excluding hydrogens is 393 g/mol. The molecule has 1 heterocycles. The number of ketones is 1. The van der Waals surface area contributed by atoms with Crippen LogP contribution in [0, 0.1) is 18.7 Å². The maximum Gasteiger partial charge on any atom is 0.222 e. The van der Waals surface area contributed by atoms with Gasteiger partial charge in [-0.05, 0) is 68.9 Å². The molecule has 6 heteroatoms. The van der Waals surface area contributed by atoms with E-state index in [9.17, 15) is 14.0 Å². The van der Waals surface area contributed by atoms with Gasteiger partial charge >= 0.3 is 0 Å². The molecule has 3 N–H and O–H groups in total. The number of rotatable bonds is 7. The molecule has 1 fully saturated rings. The molecule has 3 rings (SSSR count). The molecule has 166 valence electrons. The second kappa shape index (κ2) is 9.18. The van der Waals surface area contributed by atoms with Crippen molar-refractivity contribution in [1.29, 1.82) is 0 Å². The third-order valence-electron chi connectivity index (χ3n) is 6.79. The smallest absolute Gasteiger partial charge is 0.222 e. The molecule has 0 radical (unpaired) electrons. The number of halogens is 1. The monoisotopic (exact) mass is 425 g/mol. The largest absolute Gasteiger partial charge is 0.385 e. The highest BCUT2D eigenvalue weighted by atomic mass is 19.1. The highest BCUT2D eigenvalue weighted by Crippen LogP contribution is 2.41. The van der Waals surface area contributed by atoms with Gasteiger partial charge in [0.25, 0.3) is 0 Å². The van der Waals surface area contributed by atoms with Crippen LogP contribution in [0.5, 0.6) is 0 Å². The quantitative estimate of drug-likeness (QED) is 0.704. The number of nitrogens with two attached hydrogens (primary N) is 1. The first-order valence-corrected chi connectivity index (χ1v) is 10.8. The molecule has 1 aliphatic rings. The minimum atomic E-state index is -1.06. The minimum Gasteiger partial charge on any atom is -0.385 e. The summed E-state index contributed by atoms with van der Waals surface area (Å²) in [6.45, 7) is 8.79. The van der Waals surface area contributed by atoms with Crippen LogP contribution >= 0.6 is 0 Å². The average Bonchev–Trinajstić information content (AvgIpc) is 2.75. The van der Waals surface area contributed by atoms with Crippen LogP contribution in [0.25, 0.3) is 0 Å². The van der Waals surface area contributed by atoms with Crippen molar-refractivity contribution in [3.05, 3.63) is 65.0 Å². The van der Waals surface area contributed by atoms with Crippen molar-refractivity contribution >= 4 is 17.4 Å². The fourth-order valence-corrected chi connectivity index (χ4v) is 4.89. The molecule has 1 aliphatic heterocycles. The van der Waals surface area contributed by atoms with Crippen molar-refractivity contribution in [3.63, 3.8) is 0 Å². The van der Waals surface area contributed by atoms with E-state index in [-0.39, 0.29) is 17.6 Å². The number of piperidine rings is 1. The molecular formula is C25H32FN3O2. The van der Waals surface area contributed by atoms with Crippen molar-refractivity contribution in [2.45, 2.75) is 45.6 Å². The van der Waals surface area contributed by atoms with Crippen molar-refractivity contribution in [2.24, 2.45) is 11.7 Å². The highest BCUT2D eigenvalue weighted by molar-refractivity contribution is 5.88. The Kier molecular flexibility index (Phi) is 6.80. The first-order valence-electron chi connectivity index (χ1n) is 10.8. The Hall–Kier alpha value is -2.73. The summed E-state index contributed by atoms with van der Waals surface area (Å²) in [5.41, 5.74) is 7.96. The number of benzene rings is 2. The standard InChI is InChI=1S/C25H32FN3O2/c1-5-28-23-14-19(26)13-22(16(23)2)25(4,17(3)30)29-12-11-20(21(15-29)24(27)31)18-9-7-6-8-10-18/h6-10,13-14,20-21,28H,5,11-12,15H2,1-4H3,(H2,27,31)/t20?,21?,25-/m1/s1. The van der Waals surface area contributed by atoms with Gasteiger partial charge in [0, 0.05) is 25.3 Å². The lowest BCUT2D eigenvalue weighted by Crippen LogP contribution is -2.56. The zero-order valence-electron chi connectivity index (χ0n) is 18.7. The molecule has 2 unspecified atom stereocenters. The van der Waals surface area contributed by atoms with Gasteiger partial charge in [0.15, 0.2) is 5.78 Å². The molecule has 2 aromatic rings. The molecule has 0 aliphatic carbocycles. The third-order valence-corrected chi connectivity index (χ3v) is 6.79. The maximum atomic E-state index is 14.5. The second-order valence-corrected chi connectivity index (χ2v) is 8.55. The number of carbonyl (C=O) groups excluding carboxylic acids is 2. The molecule has 0 saturated carbocycles. The van der Waals surface area contributed by atoms with Gasteiger partial charge in [0.2, 0.25) is 5.91 Å². The highest BCUT2D eigenvalue weighted by Gasteiger charge is 2.45. The minimum absolute atomic E-state index is 0.00270. The van der Waals surface area contributed by atoms with E-state index in [1.165, 1.54) is 19.1 Å². The van der Waals surface area contributed by atoms with E-state index >= 15 is 0 Å². The van der Waals surface area contributed by atoms with Gasteiger partial charge in [-0.3, -0.25) is 14.5 Å². The Balaban J connectivity index is 2.03. The first kappa shape index (κ1) is 22.9. The number of Topliss-reactive ketones (excluding diaryl/α,β-unsaturated/α-hetero) is 1. The number of carbonyl (C=O) groups is 2. The summed E-state index contributed by atoms with van der Waals surface area (Å²) in [6, 6.07) is 12.8. The number of amides is 1. The van der Waals surface area contributed by atoms with Crippen LogP contribution in [0.4, 0.5) is 10.1 Å². The van der Waals surface area contributed by atoms with Gasteiger partial charge in [-0.1, -0.05) is 30.3 Å². The number of likely N-dealkylation sites (tertiary alicyclic amines) is 1. The van der Waals surface area contributed by atoms with Gasteiger partial charge in [0.05, 0.1) is 5.92 Å². The van der Waals surface area contributed by atoms with Gasteiger partial charge in [-0.15, -0.1) is 0 Å². The fourth-order valence-electron chi connectivity index (χ4n) is 4.89. The van der Waals surface area contributed by atoms with E-state index in [1.807, 2.05) is 56.0 Å². The Labute approximate surface area is 183 Å². The van der Waals surface area contributed by atoms with E-state index in [1.54, 1.807) is 0 Å². The van der Waals surface area contributed by atoms with Crippen LogP contribution in [-0.2, 0) is 15.1 Å². The molecule has 1 amide bonds. The summed E-state index contributed by atoms with van der Waals surface area (Å²) in [5.74, 6) is -1.30. The second-order valence-electron chi connectivity index (χ2n) is 8.55. The van der Waals surface area contributed by atoms with Crippen LogP contribution < -0.4 is 11.1 Å². The number of nitrogens with one attached hydrogen (secondary N) is 1. The van der Waals surface area contributed by atoms with Gasteiger partial charge in [-0.2, -0.15) is 0 Å². The van der Waals surface area contributed by atoms with Crippen molar-refractivity contribution < 1.29 is 14.0 Å². The summed E-state index contributed by atoms with van der Waals surface area (Å²) in [5, 5.41) is 3.18. The summed E-state index contributed by atoms with van der Waals surface area (Å²) in [7, 11) is 0. The molecule has 2 aromatic carbocycles. The Morgan fingerprint density at radius 3 is 2.52 bits per heavy atom. The van der Waals surface area contributed by atoms with Gasteiger partial charge in [-0.25, -0.2) is 4.39 Å². The maximum absolute atomic E-state index is 14.5. The molecule has 0 aromatic heterocycles. The summed E-state index contributed by atoms with van der Waals surface area (Å²) < 4.78 is 14.5. The number of hydrogen-bond donors (Lipinski definition) is 2. The Bertz CT molecular complexity index is 963. The van der Waals surface area contributed by atoms with E-state index in [2.05, 4.69) is 5.32 Å². The first-order chi connectivity index (χ1) is 14.7. The molecule has 0 bridgehead atoms. The topological polar surface area (TPSA) is 75.4 Å². The zero-order chi connectivity index (χ0) is 22.8. The van der Waals surface area contributed by atoms with Crippen LogP contribution in [0.15, 0.2) is 42.5 Å². The predicted octanol–water partition coefficient (Wildman–Crippen LogP) is 3.96. The van der Waals surface area contributed by atoms with E-state index in [0.717, 1.165) is 11.1 Å². The fraction of sp³-hybridized carbons (Fsp3) is 0.440. The Morgan fingerprint density at radius 1 is 1.26 bits per heavy atom. The van der Waals surface area contributed by atoms with Crippen molar-refractivity contribution in [2.75, 3.05) is 25.0 Å². The van der Waals surface area contributed by atoms with Gasteiger partial charge in [0.1, 0.15) is 11.4 Å². The average molecular weight is 426 g/mol. The lowest BCUT2D eigenvalue weighted by atomic mass is 9.76. The van der Waals surface area contributed by atoms with E-state index in [0.29, 0.717) is 37.3 Å². The molecule has 3 atom stereocenters. The number of primary amides is 1. The zero-order valence-corrected chi connectivity index (χ0v) is 18.7. The SMILES string of the molecule is CCNc1cc(F)cc([C@@](C)(C(C)=O)N2CCC(c3ccccc3)C(C(N)=O)C2)c1C. The van der Waals surface area contributed by atoms with Crippen molar-refractivity contribution in [3.8, 4) is 0 Å². The molecule has 1 saturated heterocycles.